The van der Waals surface area contributed by atoms with E-state index in [-0.39, 0.29) is 47.3 Å². The maximum atomic E-state index is 11.7. The largest absolute Gasteiger partial charge is 0.478 e. The molecule has 2 N–H and O–H groups in total. The van der Waals surface area contributed by atoms with Crippen molar-refractivity contribution in [2.24, 2.45) is 0 Å². The highest BCUT2D eigenvalue weighted by atomic mass is 16.5. The number of hydrogen-bond donors (Lipinski definition) is 2. The second kappa shape index (κ2) is 14.3. The summed E-state index contributed by atoms with van der Waals surface area (Å²) in [6, 6.07) is 9.41. The molecule has 0 fully saturated rings. The summed E-state index contributed by atoms with van der Waals surface area (Å²) in [6.45, 7) is 14.8. The Bertz CT molecular complexity index is 1090. The molecule has 0 unspecified atom stereocenters. The second-order valence-corrected chi connectivity index (χ2v) is 8.23. The molecule has 0 spiro atoms. The zero-order valence-electron chi connectivity index (χ0n) is 20.9. The molecule has 8 heteroatoms. The van der Waals surface area contributed by atoms with Crippen LogP contribution in [0.2, 0.25) is 0 Å². The normalized spacial score (nSPS) is 10.2. The SMILES string of the molecule is C=CCOC(=O)c1ccccc1C(=O)OCC=C.CC(C)c1ccc(C(=O)O)c(C(=O)O)c1C(C)C. The summed E-state index contributed by atoms with van der Waals surface area (Å²) in [7, 11) is 0. The van der Waals surface area contributed by atoms with Crippen LogP contribution in [0.25, 0.3) is 0 Å². The van der Waals surface area contributed by atoms with Gasteiger partial charge in [0, 0.05) is 0 Å². The predicted octanol–water partition coefficient (Wildman–Crippen LogP) is 5.70. The van der Waals surface area contributed by atoms with Gasteiger partial charge in [0.05, 0.1) is 22.3 Å². The Kier molecular flexibility index (Phi) is 11.8. The Hall–Kier alpha value is -4.20. The highest BCUT2D eigenvalue weighted by Gasteiger charge is 2.25. The van der Waals surface area contributed by atoms with Crippen molar-refractivity contribution in [1.29, 1.82) is 0 Å². The number of aromatic carboxylic acids is 2. The van der Waals surface area contributed by atoms with Crippen molar-refractivity contribution in [2.45, 2.75) is 39.5 Å². The number of rotatable bonds is 10. The van der Waals surface area contributed by atoms with Crippen LogP contribution < -0.4 is 0 Å². The van der Waals surface area contributed by atoms with Gasteiger partial charge in [0.1, 0.15) is 13.2 Å². The van der Waals surface area contributed by atoms with Crippen LogP contribution in [-0.2, 0) is 9.47 Å². The zero-order valence-corrected chi connectivity index (χ0v) is 20.9. The molecule has 0 heterocycles. The number of ether oxygens (including phenoxy) is 2. The molecule has 192 valence electrons. The lowest BCUT2D eigenvalue weighted by Gasteiger charge is -2.19. The highest BCUT2D eigenvalue weighted by Crippen LogP contribution is 2.31. The summed E-state index contributed by atoms with van der Waals surface area (Å²) in [5, 5.41) is 18.4. The fraction of sp³-hybridized carbons (Fsp3) is 0.286. The molecule has 0 atom stereocenters. The molecule has 0 radical (unpaired) electrons. The van der Waals surface area contributed by atoms with E-state index in [2.05, 4.69) is 13.2 Å². The summed E-state index contributed by atoms with van der Waals surface area (Å²) < 4.78 is 9.78. The minimum atomic E-state index is -1.20. The van der Waals surface area contributed by atoms with E-state index < -0.39 is 23.9 Å². The number of esters is 2. The Balaban J connectivity index is 0.000000360. The Morgan fingerprint density at radius 3 is 1.56 bits per heavy atom. The fourth-order valence-electron chi connectivity index (χ4n) is 3.43. The van der Waals surface area contributed by atoms with Crippen molar-refractivity contribution >= 4 is 23.9 Å². The van der Waals surface area contributed by atoms with Gasteiger partial charge in [-0.2, -0.15) is 0 Å². The Morgan fingerprint density at radius 2 is 1.22 bits per heavy atom. The van der Waals surface area contributed by atoms with Crippen LogP contribution in [0.15, 0.2) is 61.7 Å². The van der Waals surface area contributed by atoms with Crippen LogP contribution in [0.1, 0.15) is 92.1 Å². The van der Waals surface area contributed by atoms with Crippen LogP contribution in [0.5, 0.6) is 0 Å². The van der Waals surface area contributed by atoms with Crippen LogP contribution in [0, 0.1) is 0 Å². The monoisotopic (exact) mass is 496 g/mol. The van der Waals surface area contributed by atoms with E-state index in [1.165, 1.54) is 30.4 Å². The number of benzene rings is 2. The minimum absolute atomic E-state index is 0.0344. The van der Waals surface area contributed by atoms with Crippen LogP contribution in [0.4, 0.5) is 0 Å². The quantitative estimate of drug-likeness (QED) is 0.317. The molecule has 0 aliphatic carbocycles. The van der Waals surface area contributed by atoms with Crippen molar-refractivity contribution in [1.82, 2.24) is 0 Å². The lowest BCUT2D eigenvalue weighted by molar-refractivity contribution is 0.0503. The molecule has 2 aromatic carbocycles. The molecular formula is C28H32O8. The van der Waals surface area contributed by atoms with E-state index in [9.17, 15) is 24.3 Å². The van der Waals surface area contributed by atoms with Crippen molar-refractivity contribution in [3.63, 3.8) is 0 Å². The van der Waals surface area contributed by atoms with E-state index in [0.29, 0.717) is 5.56 Å². The van der Waals surface area contributed by atoms with Crippen LogP contribution in [0.3, 0.4) is 0 Å². The van der Waals surface area contributed by atoms with Gasteiger partial charge in [0.2, 0.25) is 0 Å². The number of carbonyl (C=O) groups is 4. The zero-order chi connectivity index (χ0) is 27.4. The first-order chi connectivity index (χ1) is 17.0. The first kappa shape index (κ1) is 29.8. The van der Waals surface area contributed by atoms with Gasteiger partial charge in [-0.1, -0.05) is 71.2 Å². The van der Waals surface area contributed by atoms with Crippen LogP contribution >= 0.6 is 0 Å². The molecule has 2 rings (SSSR count). The van der Waals surface area contributed by atoms with Gasteiger partial charge in [-0.15, -0.1) is 0 Å². The van der Waals surface area contributed by atoms with E-state index in [1.807, 2.05) is 27.7 Å². The first-order valence-corrected chi connectivity index (χ1v) is 11.3. The number of carboxylic acids is 2. The smallest absolute Gasteiger partial charge is 0.339 e. The Labute approximate surface area is 210 Å². The molecule has 0 bridgehead atoms. The van der Waals surface area contributed by atoms with Gasteiger partial charge in [-0.05, 0) is 41.2 Å². The van der Waals surface area contributed by atoms with E-state index in [1.54, 1.807) is 18.2 Å². The maximum Gasteiger partial charge on any atom is 0.339 e. The van der Waals surface area contributed by atoms with E-state index >= 15 is 0 Å². The molecule has 0 saturated carbocycles. The molecule has 0 aromatic heterocycles. The van der Waals surface area contributed by atoms with E-state index in [0.717, 1.165) is 5.56 Å². The average Bonchev–Trinajstić information content (AvgIpc) is 2.84. The molecule has 0 aliphatic heterocycles. The second-order valence-electron chi connectivity index (χ2n) is 8.23. The van der Waals surface area contributed by atoms with Gasteiger partial charge in [-0.3, -0.25) is 0 Å². The van der Waals surface area contributed by atoms with Crippen molar-refractivity contribution in [2.75, 3.05) is 13.2 Å². The fourth-order valence-corrected chi connectivity index (χ4v) is 3.43. The number of carboxylic acid groups (broad SMARTS) is 2. The predicted molar refractivity (Wildman–Crippen MR) is 136 cm³/mol. The summed E-state index contributed by atoms with van der Waals surface area (Å²) in [5.74, 6) is -3.43. The summed E-state index contributed by atoms with van der Waals surface area (Å²) in [5.41, 5.74) is 1.64. The summed E-state index contributed by atoms with van der Waals surface area (Å²) in [4.78, 5) is 45.9. The molecule has 2 aromatic rings. The molecule has 36 heavy (non-hydrogen) atoms. The lowest BCUT2D eigenvalue weighted by Crippen LogP contribution is -2.15. The third kappa shape index (κ3) is 7.94. The third-order valence-electron chi connectivity index (χ3n) is 4.95. The first-order valence-electron chi connectivity index (χ1n) is 11.3. The van der Waals surface area contributed by atoms with Gasteiger partial charge in [-0.25, -0.2) is 19.2 Å². The van der Waals surface area contributed by atoms with Gasteiger partial charge < -0.3 is 19.7 Å². The van der Waals surface area contributed by atoms with E-state index in [4.69, 9.17) is 14.6 Å². The topological polar surface area (TPSA) is 127 Å². The van der Waals surface area contributed by atoms with Gasteiger partial charge in [0.15, 0.2) is 0 Å². The number of carbonyl (C=O) groups excluding carboxylic acids is 2. The summed E-state index contributed by atoms with van der Waals surface area (Å²) in [6.07, 6.45) is 2.91. The maximum absolute atomic E-state index is 11.7. The third-order valence-corrected chi connectivity index (χ3v) is 4.95. The molecule has 0 aliphatic rings. The van der Waals surface area contributed by atoms with Gasteiger partial charge >= 0.3 is 23.9 Å². The molecular weight excluding hydrogens is 464 g/mol. The average molecular weight is 497 g/mol. The highest BCUT2D eigenvalue weighted by molar-refractivity contribution is 6.04. The molecule has 8 nitrogen and oxygen atoms in total. The minimum Gasteiger partial charge on any atom is -0.478 e. The van der Waals surface area contributed by atoms with Crippen molar-refractivity contribution in [3.05, 3.63) is 95.1 Å². The van der Waals surface area contributed by atoms with Crippen LogP contribution in [-0.4, -0.2) is 47.3 Å². The Morgan fingerprint density at radius 1 is 0.750 bits per heavy atom. The summed E-state index contributed by atoms with van der Waals surface area (Å²) >= 11 is 0. The van der Waals surface area contributed by atoms with Crippen molar-refractivity contribution < 1.29 is 38.9 Å². The van der Waals surface area contributed by atoms with Gasteiger partial charge in [0.25, 0.3) is 0 Å². The lowest BCUT2D eigenvalue weighted by atomic mass is 9.84. The standard InChI is InChI=1S/C14H18O4.C14H14O4/c1-7(2)9-5-6-10(13(15)16)12(14(17)18)11(9)8(3)4;1-3-9-17-13(15)11-7-5-6-8-12(11)14(16)18-10-4-2/h5-8H,1-4H3,(H,15,16)(H,17,18);3-8H,1-2,9-10H2. The molecule has 0 saturated heterocycles. The number of hydrogen-bond acceptors (Lipinski definition) is 6. The molecule has 0 amide bonds. The van der Waals surface area contributed by atoms with Crippen molar-refractivity contribution in [3.8, 4) is 0 Å².